The van der Waals surface area contributed by atoms with Gasteiger partial charge in [0.1, 0.15) is 4.83 Å². The minimum Gasteiger partial charge on any atom is -0.341 e. The molecule has 2 aromatic heterocycles. The number of hydrogen-bond acceptors (Lipinski definition) is 7. The second kappa shape index (κ2) is 9.05. The molecule has 0 aliphatic carbocycles. The Morgan fingerprint density at radius 2 is 2.13 bits per heavy atom. The summed E-state index contributed by atoms with van der Waals surface area (Å²) in [6.07, 6.45) is 1.92. The highest BCUT2D eigenvalue weighted by Crippen LogP contribution is 2.41. The van der Waals surface area contributed by atoms with Gasteiger partial charge in [-0.3, -0.25) is 19.5 Å². The van der Waals surface area contributed by atoms with E-state index in [0.717, 1.165) is 33.9 Å². The van der Waals surface area contributed by atoms with Gasteiger partial charge in [0.05, 0.1) is 20.5 Å². The molecule has 0 saturated carbocycles. The SMILES string of the molecule is CNC(=O)NC(=O)[C@H](C)Sc1nc2sc3c(c2c(=O)n1-c1cccc(C)c1)CCCS3. The van der Waals surface area contributed by atoms with Crippen LogP contribution in [-0.2, 0) is 11.2 Å². The normalized spacial score (nSPS) is 14.2. The van der Waals surface area contributed by atoms with Crippen molar-refractivity contribution in [1.29, 1.82) is 0 Å². The highest BCUT2D eigenvalue weighted by Gasteiger charge is 2.25. The van der Waals surface area contributed by atoms with E-state index in [1.54, 1.807) is 34.6 Å². The Labute approximate surface area is 192 Å². The Morgan fingerprint density at radius 1 is 1.32 bits per heavy atom. The van der Waals surface area contributed by atoms with Crippen LogP contribution in [0.1, 0.15) is 24.5 Å². The van der Waals surface area contributed by atoms with Crippen molar-refractivity contribution in [3.05, 3.63) is 45.7 Å². The molecule has 3 amide bonds. The van der Waals surface area contributed by atoms with Crippen LogP contribution in [0.3, 0.4) is 0 Å². The molecule has 1 aliphatic rings. The number of nitrogens with one attached hydrogen (secondary N) is 2. The van der Waals surface area contributed by atoms with Gasteiger partial charge < -0.3 is 5.32 Å². The maximum absolute atomic E-state index is 13.7. The Morgan fingerprint density at radius 3 is 2.87 bits per heavy atom. The lowest BCUT2D eigenvalue weighted by atomic mass is 10.1. The van der Waals surface area contributed by atoms with Gasteiger partial charge in [-0.05, 0) is 55.7 Å². The first-order valence-electron chi connectivity index (χ1n) is 9.86. The van der Waals surface area contributed by atoms with Crippen LogP contribution in [0, 0.1) is 6.92 Å². The molecule has 0 saturated heterocycles. The van der Waals surface area contributed by atoms with E-state index in [0.29, 0.717) is 21.1 Å². The van der Waals surface area contributed by atoms with Gasteiger partial charge in [0.25, 0.3) is 5.56 Å². The zero-order chi connectivity index (χ0) is 22.1. The van der Waals surface area contributed by atoms with Gasteiger partial charge in [-0.2, -0.15) is 0 Å². The molecule has 3 aromatic rings. The molecule has 10 heteroatoms. The zero-order valence-electron chi connectivity index (χ0n) is 17.4. The average Bonchev–Trinajstić information content (AvgIpc) is 3.12. The number of fused-ring (bicyclic) bond motifs is 3. The fraction of sp³-hybridized carbons (Fsp3) is 0.333. The van der Waals surface area contributed by atoms with Crippen molar-refractivity contribution in [2.75, 3.05) is 12.8 Å². The molecule has 3 heterocycles. The van der Waals surface area contributed by atoms with Gasteiger partial charge in [-0.15, -0.1) is 23.1 Å². The van der Waals surface area contributed by atoms with Crippen LogP contribution in [0.2, 0.25) is 0 Å². The van der Waals surface area contributed by atoms with E-state index in [1.165, 1.54) is 18.8 Å². The smallest absolute Gasteiger partial charge is 0.321 e. The van der Waals surface area contributed by atoms with Gasteiger partial charge >= 0.3 is 6.03 Å². The molecule has 162 valence electrons. The van der Waals surface area contributed by atoms with Gasteiger partial charge in [-0.1, -0.05) is 23.9 Å². The summed E-state index contributed by atoms with van der Waals surface area (Å²) in [7, 11) is 1.45. The first kappa shape index (κ1) is 21.9. The quantitative estimate of drug-likeness (QED) is 0.442. The second-order valence-electron chi connectivity index (χ2n) is 7.20. The summed E-state index contributed by atoms with van der Waals surface area (Å²) < 4.78 is 2.75. The van der Waals surface area contributed by atoms with Gasteiger partial charge in [0.15, 0.2) is 5.16 Å². The fourth-order valence-corrected chi connectivity index (χ4v) is 6.89. The molecule has 0 bridgehead atoms. The number of urea groups is 1. The van der Waals surface area contributed by atoms with Crippen LogP contribution in [-0.4, -0.2) is 39.5 Å². The first-order valence-corrected chi connectivity index (χ1v) is 12.5. The van der Waals surface area contributed by atoms with Crippen LogP contribution in [0.5, 0.6) is 0 Å². The molecule has 31 heavy (non-hydrogen) atoms. The third-order valence-electron chi connectivity index (χ3n) is 4.94. The summed E-state index contributed by atoms with van der Waals surface area (Å²) in [6.45, 7) is 3.66. The number of benzene rings is 1. The van der Waals surface area contributed by atoms with Crippen molar-refractivity contribution in [2.45, 2.75) is 41.3 Å². The summed E-state index contributed by atoms with van der Waals surface area (Å²) in [5, 5.41) is 5.15. The number of hydrogen-bond donors (Lipinski definition) is 2. The number of carbonyl (C=O) groups is 2. The van der Waals surface area contributed by atoms with E-state index >= 15 is 0 Å². The third kappa shape index (κ3) is 4.37. The van der Waals surface area contributed by atoms with Crippen molar-refractivity contribution in [3.63, 3.8) is 0 Å². The molecular formula is C21H22N4O3S3. The summed E-state index contributed by atoms with van der Waals surface area (Å²) in [6, 6.07) is 7.10. The number of carbonyl (C=O) groups excluding carboxylic acids is 2. The Bertz CT molecular complexity index is 1230. The molecule has 1 aliphatic heterocycles. The number of rotatable bonds is 4. The molecule has 0 fully saturated rings. The Balaban J connectivity index is 1.85. The van der Waals surface area contributed by atoms with Crippen LogP contribution in [0.4, 0.5) is 4.79 Å². The lowest BCUT2D eigenvalue weighted by Crippen LogP contribution is -2.41. The van der Waals surface area contributed by atoms with Crippen LogP contribution >= 0.6 is 34.9 Å². The summed E-state index contributed by atoms with van der Waals surface area (Å²) >= 11 is 4.49. The number of aryl methyl sites for hydroxylation is 2. The number of thiophene rings is 1. The molecule has 0 radical (unpaired) electrons. The molecule has 7 nitrogen and oxygen atoms in total. The highest BCUT2D eigenvalue weighted by atomic mass is 32.2. The lowest BCUT2D eigenvalue weighted by molar-refractivity contribution is -0.119. The Kier molecular flexibility index (Phi) is 6.40. The van der Waals surface area contributed by atoms with Crippen molar-refractivity contribution in [1.82, 2.24) is 20.2 Å². The van der Waals surface area contributed by atoms with E-state index in [4.69, 9.17) is 4.98 Å². The molecule has 2 N–H and O–H groups in total. The van der Waals surface area contributed by atoms with E-state index < -0.39 is 17.2 Å². The van der Waals surface area contributed by atoms with Gasteiger partial charge in [0, 0.05) is 7.05 Å². The molecule has 0 unspecified atom stereocenters. The van der Waals surface area contributed by atoms with Gasteiger partial charge in [0.2, 0.25) is 5.91 Å². The summed E-state index contributed by atoms with van der Waals surface area (Å²) in [5.74, 6) is 0.597. The average molecular weight is 475 g/mol. The number of aromatic nitrogens is 2. The predicted octanol–water partition coefficient (Wildman–Crippen LogP) is 3.73. The minimum atomic E-state index is -0.623. The standard InChI is InChI=1S/C21H22N4O3S3/c1-11-6-4-7-13(10-11)25-18(27)15-14-8-5-9-29-19(14)31-17(15)24-21(25)30-12(2)16(26)23-20(28)22-3/h4,6-7,10,12H,5,8-9H2,1-3H3,(H2,22,23,26,28)/t12-/m0/s1. The maximum atomic E-state index is 13.7. The van der Waals surface area contributed by atoms with Crippen LogP contribution < -0.4 is 16.2 Å². The van der Waals surface area contributed by atoms with Crippen LogP contribution in [0.15, 0.2) is 38.4 Å². The highest BCUT2D eigenvalue weighted by molar-refractivity contribution is 8.01. The molecule has 0 spiro atoms. The van der Waals surface area contributed by atoms with Crippen molar-refractivity contribution in [3.8, 4) is 5.69 Å². The number of nitrogens with zero attached hydrogens (tertiary/aromatic N) is 2. The maximum Gasteiger partial charge on any atom is 0.321 e. The molecule has 4 rings (SSSR count). The van der Waals surface area contributed by atoms with Crippen molar-refractivity contribution >= 4 is 57.0 Å². The van der Waals surface area contributed by atoms with E-state index in [9.17, 15) is 14.4 Å². The number of imide groups is 1. The first-order chi connectivity index (χ1) is 14.9. The molecule has 1 aromatic carbocycles. The molecule has 1 atom stereocenters. The number of thioether (sulfide) groups is 2. The van der Waals surface area contributed by atoms with Crippen LogP contribution in [0.25, 0.3) is 15.9 Å². The minimum absolute atomic E-state index is 0.114. The van der Waals surface area contributed by atoms with Gasteiger partial charge in [-0.25, -0.2) is 9.78 Å². The summed E-state index contributed by atoms with van der Waals surface area (Å²) in [5.41, 5.74) is 2.71. The second-order valence-corrected chi connectivity index (χ2v) is 10.9. The molecular weight excluding hydrogens is 452 g/mol. The van der Waals surface area contributed by atoms with E-state index in [1.807, 2.05) is 31.2 Å². The van der Waals surface area contributed by atoms with E-state index in [2.05, 4.69) is 10.6 Å². The van der Waals surface area contributed by atoms with E-state index in [-0.39, 0.29) is 5.56 Å². The largest absolute Gasteiger partial charge is 0.341 e. The van der Waals surface area contributed by atoms with Crippen molar-refractivity contribution in [2.24, 2.45) is 0 Å². The fourth-order valence-electron chi connectivity index (χ4n) is 3.39. The zero-order valence-corrected chi connectivity index (χ0v) is 19.8. The monoisotopic (exact) mass is 474 g/mol. The topological polar surface area (TPSA) is 93.1 Å². The predicted molar refractivity (Wildman–Crippen MR) is 127 cm³/mol. The summed E-state index contributed by atoms with van der Waals surface area (Å²) in [4.78, 5) is 43.2. The van der Waals surface area contributed by atoms with Crippen molar-refractivity contribution < 1.29 is 9.59 Å². The number of amides is 3. The Hall–Kier alpha value is -2.30. The lowest BCUT2D eigenvalue weighted by Gasteiger charge is -2.16. The third-order valence-corrected chi connectivity index (χ3v) is 8.51.